The fourth-order valence-electron chi connectivity index (χ4n) is 1.76. The Morgan fingerprint density at radius 1 is 1.25 bits per heavy atom. The maximum absolute atomic E-state index is 11.3. The van der Waals surface area contributed by atoms with E-state index in [4.69, 9.17) is 16.3 Å². The van der Waals surface area contributed by atoms with Crippen LogP contribution in [0.5, 0.6) is 5.75 Å². The number of carbonyl (C=O) groups is 1. The van der Waals surface area contributed by atoms with Gasteiger partial charge in [0.05, 0.1) is 0 Å². The molecule has 0 amide bonds. The maximum atomic E-state index is 11.3. The Balaban J connectivity index is 2.13. The fourth-order valence-corrected chi connectivity index (χ4v) is 2.39. The van der Waals surface area contributed by atoms with Crippen molar-refractivity contribution in [3.8, 4) is 5.75 Å². The average molecular weight is 356 g/mol. The van der Waals surface area contributed by atoms with E-state index in [2.05, 4.69) is 15.9 Å². The van der Waals surface area contributed by atoms with Gasteiger partial charge in [0.2, 0.25) is 0 Å². The number of rotatable bonds is 5. The van der Waals surface area contributed by atoms with Gasteiger partial charge in [0.1, 0.15) is 5.75 Å². The van der Waals surface area contributed by atoms with Crippen LogP contribution in [-0.2, 0) is 11.2 Å². The van der Waals surface area contributed by atoms with Crippen molar-refractivity contribution in [3.05, 3.63) is 63.6 Å². The molecule has 2 aromatic rings. The predicted molar refractivity (Wildman–Crippen MR) is 81.3 cm³/mol. The highest BCUT2D eigenvalue weighted by Crippen LogP contribution is 2.20. The molecule has 0 fully saturated rings. The zero-order valence-electron chi connectivity index (χ0n) is 10.4. The summed E-state index contributed by atoms with van der Waals surface area (Å²) in [5.74, 6) is -0.565. The van der Waals surface area contributed by atoms with Gasteiger partial charge in [-0.1, -0.05) is 45.7 Å². The van der Waals surface area contributed by atoms with Gasteiger partial charge in [-0.15, -0.1) is 0 Å². The molecule has 0 aromatic heterocycles. The van der Waals surface area contributed by atoms with Crippen LogP contribution in [0, 0.1) is 0 Å². The lowest BCUT2D eigenvalue weighted by Gasteiger charge is -2.15. The molecule has 0 heterocycles. The molecule has 0 spiro atoms. The molecule has 0 aliphatic rings. The molecule has 3 nitrogen and oxygen atoms in total. The highest BCUT2D eigenvalue weighted by Gasteiger charge is 2.20. The molecule has 0 aliphatic heterocycles. The van der Waals surface area contributed by atoms with E-state index in [-0.39, 0.29) is 6.42 Å². The van der Waals surface area contributed by atoms with Crippen LogP contribution in [0.3, 0.4) is 0 Å². The van der Waals surface area contributed by atoms with Gasteiger partial charge in [-0.2, -0.15) is 0 Å². The highest BCUT2D eigenvalue weighted by molar-refractivity contribution is 9.10. The van der Waals surface area contributed by atoms with Crippen LogP contribution in [0.2, 0.25) is 5.02 Å². The number of carboxylic acids is 1. The molecule has 2 rings (SSSR count). The number of hydrogen-bond acceptors (Lipinski definition) is 2. The molecule has 1 N–H and O–H groups in total. The van der Waals surface area contributed by atoms with Crippen LogP contribution in [0.25, 0.3) is 0 Å². The van der Waals surface area contributed by atoms with E-state index < -0.39 is 12.1 Å². The second kappa shape index (κ2) is 6.77. The first-order valence-corrected chi connectivity index (χ1v) is 7.11. The first kappa shape index (κ1) is 14.9. The van der Waals surface area contributed by atoms with Gasteiger partial charge in [-0.05, 0) is 35.9 Å². The van der Waals surface area contributed by atoms with Crippen molar-refractivity contribution in [1.29, 1.82) is 0 Å². The summed E-state index contributed by atoms with van der Waals surface area (Å²) in [6, 6.07) is 14.2. The molecule has 5 heteroatoms. The van der Waals surface area contributed by atoms with Crippen LogP contribution in [0.4, 0.5) is 0 Å². The third-order valence-corrected chi connectivity index (χ3v) is 3.39. The first-order valence-electron chi connectivity index (χ1n) is 5.94. The Morgan fingerprint density at radius 3 is 2.65 bits per heavy atom. The molecule has 2 aromatic carbocycles. The van der Waals surface area contributed by atoms with Crippen molar-refractivity contribution in [1.82, 2.24) is 0 Å². The standard InChI is InChI=1S/C15H12BrClO3/c16-11-4-1-3-10(7-11)8-14(15(18)19)20-13-6-2-5-12(17)9-13/h1-7,9,14H,8H2,(H,18,19). The van der Waals surface area contributed by atoms with E-state index in [0.717, 1.165) is 10.0 Å². The van der Waals surface area contributed by atoms with Gasteiger partial charge < -0.3 is 9.84 Å². The van der Waals surface area contributed by atoms with Crippen LogP contribution < -0.4 is 4.74 Å². The number of halogens is 2. The SMILES string of the molecule is O=C(O)C(Cc1cccc(Br)c1)Oc1cccc(Cl)c1. The van der Waals surface area contributed by atoms with Crippen molar-refractivity contribution in [2.75, 3.05) is 0 Å². The number of ether oxygens (including phenoxy) is 1. The molecule has 104 valence electrons. The molecule has 0 saturated carbocycles. The van der Waals surface area contributed by atoms with E-state index in [1.165, 1.54) is 0 Å². The minimum Gasteiger partial charge on any atom is -0.478 e. The number of aliphatic carboxylic acids is 1. The van der Waals surface area contributed by atoms with Crippen molar-refractivity contribution in [2.24, 2.45) is 0 Å². The molecule has 0 saturated heterocycles. The van der Waals surface area contributed by atoms with E-state index in [1.807, 2.05) is 24.3 Å². The van der Waals surface area contributed by atoms with E-state index in [0.29, 0.717) is 10.8 Å². The van der Waals surface area contributed by atoms with Crippen LogP contribution in [0.1, 0.15) is 5.56 Å². The minimum atomic E-state index is -1.01. The van der Waals surface area contributed by atoms with Crippen molar-refractivity contribution in [2.45, 2.75) is 12.5 Å². The Kier molecular flexibility index (Phi) is 5.04. The second-order valence-electron chi connectivity index (χ2n) is 4.24. The van der Waals surface area contributed by atoms with E-state index >= 15 is 0 Å². The number of hydrogen-bond donors (Lipinski definition) is 1. The summed E-state index contributed by atoms with van der Waals surface area (Å²) >= 11 is 9.22. The maximum Gasteiger partial charge on any atom is 0.345 e. The summed E-state index contributed by atoms with van der Waals surface area (Å²) in [4.78, 5) is 11.3. The van der Waals surface area contributed by atoms with Crippen LogP contribution in [-0.4, -0.2) is 17.2 Å². The molecule has 0 bridgehead atoms. The third kappa shape index (κ3) is 4.25. The molecule has 20 heavy (non-hydrogen) atoms. The first-order chi connectivity index (χ1) is 9.54. The average Bonchev–Trinajstić information content (AvgIpc) is 2.38. The van der Waals surface area contributed by atoms with Crippen molar-refractivity contribution in [3.63, 3.8) is 0 Å². The summed E-state index contributed by atoms with van der Waals surface area (Å²) in [6.07, 6.45) is -0.677. The lowest BCUT2D eigenvalue weighted by atomic mass is 10.1. The van der Waals surface area contributed by atoms with Crippen molar-refractivity contribution >= 4 is 33.5 Å². The summed E-state index contributed by atoms with van der Waals surface area (Å²) in [5, 5.41) is 9.77. The lowest BCUT2D eigenvalue weighted by molar-refractivity contribution is -0.145. The van der Waals surface area contributed by atoms with Gasteiger partial charge in [0.15, 0.2) is 6.10 Å². The van der Waals surface area contributed by atoms with Gasteiger partial charge in [-0.25, -0.2) is 4.79 Å². The molecule has 0 aliphatic carbocycles. The largest absolute Gasteiger partial charge is 0.478 e. The quantitative estimate of drug-likeness (QED) is 0.875. The van der Waals surface area contributed by atoms with Gasteiger partial charge >= 0.3 is 5.97 Å². The van der Waals surface area contributed by atoms with Crippen LogP contribution in [0.15, 0.2) is 53.0 Å². The Morgan fingerprint density at radius 2 is 2.00 bits per heavy atom. The summed E-state index contributed by atoms with van der Waals surface area (Å²) in [6.45, 7) is 0. The predicted octanol–water partition coefficient (Wildman–Crippen LogP) is 4.18. The smallest absolute Gasteiger partial charge is 0.345 e. The molecule has 1 atom stereocenters. The Hall–Kier alpha value is -1.52. The van der Waals surface area contributed by atoms with E-state index in [1.54, 1.807) is 24.3 Å². The zero-order chi connectivity index (χ0) is 14.5. The van der Waals surface area contributed by atoms with Gasteiger partial charge in [0.25, 0.3) is 0 Å². The molecule has 0 radical (unpaired) electrons. The van der Waals surface area contributed by atoms with Gasteiger partial charge in [-0.3, -0.25) is 0 Å². The third-order valence-electron chi connectivity index (χ3n) is 2.66. The fraction of sp³-hybridized carbons (Fsp3) is 0.133. The summed E-state index contributed by atoms with van der Waals surface area (Å²) < 4.78 is 6.41. The van der Waals surface area contributed by atoms with Crippen molar-refractivity contribution < 1.29 is 14.6 Å². The highest BCUT2D eigenvalue weighted by atomic mass is 79.9. The second-order valence-corrected chi connectivity index (χ2v) is 5.59. The van der Waals surface area contributed by atoms with Crippen LogP contribution >= 0.6 is 27.5 Å². The Bertz CT molecular complexity index is 568. The normalized spacial score (nSPS) is 11.9. The Labute approximate surface area is 130 Å². The minimum absolute atomic E-state index is 0.279. The zero-order valence-corrected chi connectivity index (χ0v) is 12.8. The number of carboxylic acid groups (broad SMARTS) is 1. The topological polar surface area (TPSA) is 46.5 Å². The van der Waals surface area contributed by atoms with E-state index in [9.17, 15) is 9.90 Å². The monoisotopic (exact) mass is 354 g/mol. The number of benzene rings is 2. The molecular weight excluding hydrogens is 344 g/mol. The van der Waals surface area contributed by atoms with Gasteiger partial charge in [0, 0.05) is 15.9 Å². The summed E-state index contributed by atoms with van der Waals surface area (Å²) in [7, 11) is 0. The summed E-state index contributed by atoms with van der Waals surface area (Å²) in [5.41, 5.74) is 0.883. The lowest BCUT2D eigenvalue weighted by Crippen LogP contribution is -2.29. The molecular formula is C15H12BrClO3. The molecule has 1 unspecified atom stereocenters.